The highest BCUT2D eigenvalue weighted by atomic mass is 19.1. The van der Waals surface area contributed by atoms with Gasteiger partial charge >= 0.3 is 0 Å². The molecule has 1 aliphatic heterocycles. The number of hydrogen-bond donors (Lipinski definition) is 1. The molecule has 1 atom stereocenters. The zero-order valence-corrected chi connectivity index (χ0v) is 13.1. The molecule has 21 heavy (non-hydrogen) atoms. The van der Waals surface area contributed by atoms with Crippen LogP contribution in [-0.4, -0.2) is 44.3 Å². The van der Waals surface area contributed by atoms with E-state index < -0.39 is 0 Å². The third-order valence-electron chi connectivity index (χ3n) is 4.31. The SMILES string of the molecule is CCNC(CCN(C)C1CCOCC1)c1ccc(F)cc1. The van der Waals surface area contributed by atoms with Crippen molar-refractivity contribution in [1.29, 1.82) is 0 Å². The quantitative estimate of drug-likeness (QED) is 0.837. The van der Waals surface area contributed by atoms with Crippen LogP contribution in [0.5, 0.6) is 0 Å². The van der Waals surface area contributed by atoms with Gasteiger partial charge in [0, 0.05) is 25.3 Å². The van der Waals surface area contributed by atoms with Gasteiger partial charge in [0.15, 0.2) is 0 Å². The molecule has 0 amide bonds. The third kappa shape index (κ3) is 5.06. The van der Waals surface area contributed by atoms with Crippen molar-refractivity contribution >= 4 is 0 Å². The molecule has 2 rings (SSSR count). The summed E-state index contributed by atoms with van der Waals surface area (Å²) in [5.41, 5.74) is 1.17. The van der Waals surface area contributed by atoms with Gasteiger partial charge in [-0.05, 0) is 57.1 Å². The van der Waals surface area contributed by atoms with Crippen LogP contribution in [0.2, 0.25) is 0 Å². The minimum absolute atomic E-state index is 0.173. The molecule has 4 heteroatoms. The van der Waals surface area contributed by atoms with Crippen molar-refractivity contribution < 1.29 is 9.13 Å². The average molecular weight is 294 g/mol. The fraction of sp³-hybridized carbons (Fsp3) is 0.647. The Kier molecular flexibility index (Phi) is 6.61. The van der Waals surface area contributed by atoms with Crippen molar-refractivity contribution in [3.8, 4) is 0 Å². The van der Waals surface area contributed by atoms with Crippen LogP contribution in [0.1, 0.15) is 37.8 Å². The molecule has 1 saturated heterocycles. The number of nitrogens with zero attached hydrogens (tertiary/aromatic N) is 1. The molecule has 1 aliphatic rings. The first-order valence-corrected chi connectivity index (χ1v) is 7.97. The molecule has 1 aromatic rings. The highest BCUT2D eigenvalue weighted by Crippen LogP contribution is 2.20. The summed E-state index contributed by atoms with van der Waals surface area (Å²) in [7, 11) is 2.20. The van der Waals surface area contributed by atoms with Gasteiger partial charge in [0.2, 0.25) is 0 Å². The largest absolute Gasteiger partial charge is 0.381 e. The van der Waals surface area contributed by atoms with E-state index in [1.54, 1.807) is 12.1 Å². The Morgan fingerprint density at radius 2 is 1.95 bits per heavy atom. The Morgan fingerprint density at radius 1 is 1.29 bits per heavy atom. The second-order valence-corrected chi connectivity index (χ2v) is 5.77. The normalized spacial score (nSPS) is 18.1. The zero-order valence-electron chi connectivity index (χ0n) is 13.1. The number of hydrogen-bond acceptors (Lipinski definition) is 3. The fourth-order valence-electron chi connectivity index (χ4n) is 2.97. The molecule has 0 saturated carbocycles. The van der Waals surface area contributed by atoms with Crippen LogP contribution in [0, 0.1) is 5.82 Å². The molecular weight excluding hydrogens is 267 g/mol. The van der Waals surface area contributed by atoms with E-state index in [2.05, 4.69) is 24.2 Å². The van der Waals surface area contributed by atoms with Crippen LogP contribution in [0.3, 0.4) is 0 Å². The monoisotopic (exact) mass is 294 g/mol. The van der Waals surface area contributed by atoms with Gasteiger partial charge in [0.05, 0.1) is 0 Å². The van der Waals surface area contributed by atoms with Crippen molar-refractivity contribution in [2.24, 2.45) is 0 Å². The number of rotatable bonds is 7. The second-order valence-electron chi connectivity index (χ2n) is 5.77. The summed E-state index contributed by atoms with van der Waals surface area (Å²) in [6, 6.07) is 7.78. The summed E-state index contributed by atoms with van der Waals surface area (Å²) < 4.78 is 18.5. The van der Waals surface area contributed by atoms with Gasteiger partial charge in [-0.25, -0.2) is 4.39 Å². The zero-order chi connectivity index (χ0) is 15.1. The molecule has 0 radical (unpaired) electrons. The Balaban J connectivity index is 1.88. The maximum absolute atomic E-state index is 13.1. The van der Waals surface area contributed by atoms with Crippen molar-refractivity contribution in [1.82, 2.24) is 10.2 Å². The lowest BCUT2D eigenvalue weighted by molar-refractivity contribution is 0.0419. The lowest BCUT2D eigenvalue weighted by atomic mass is 10.0. The number of halogens is 1. The molecule has 118 valence electrons. The smallest absolute Gasteiger partial charge is 0.123 e. The second kappa shape index (κ2) is 8.47. The van der Waals surface area contributed by atoms with E-state index in [-0.39, 0.29) is 11.9 Å². The van der Waals surface area contributed by atoms with Crippen molar-refractivity contribution in [3.63, 3.8) is 0 Å². The van der Waals surface area contributed by atoms with E-state index in [0.29, 0.717) is 6.04 Å². The molecule has 0 aliphatic carbocycles. The number of nitrogens with one attached hydrogen (secondary N) is 1. The van der Waals surface area contributed by atoms with Gasteiger partial charge in [-0.2, -0.15) is 0 Å². The van der Waals surface area contributed by atoms with Gasteiger partial charge in [-0.1, -0.05) is 19.1 Å². The van der Waals surface area contributed by atoms with Crippen molar-refractivity contribution in [2.45, 2.75) is 38.3 Å². The summed E-state index contributed by atoms with van der Waals surface area (Å²) in [6.45, 7) is 5.83. The average Bonchev–Trinajstić information content (AvgIpc) is 2.53. The number of benzene rings is 1. The Morgan fingerprint density at radius 3 is 2.57 bits per heavy atom. The summed E-state index contributed by atoms with van der Waals surface area (Å²) >= 11 is 0. The van der Waals surface area contributed by atoms with E-state index >= 15 is 0 Å². The molecule has 1 heterocycles. The molecule has 1 N–H and O–H groups in total. The van der Waals surface area contributed by atoms with Crippen LogP contribution >= 0.6 is 0 Å². The summed E-state index contributed by atoms with van der Waals surface area (Å²) in [5, 5.41) is 3.50. The van der Waals surface area contributed by atoms with Crippen molar-refractivity contribution in [3.05, 3.63) is 35.6 Å². The Bertz CT molecular complexity index is 404. The molecule has 0 bridgehead atoms. The molecule has 0 aromatic heterocycles. The summed E-state index contributed by atoms with van der Waals surface area (Å²) in [6.07, 6.45) is 3.28. The first-order valence-electron chi connectivity index (χ1n) is 7.97. The van der Waals surface area contributed by atoms with Crippen LogP contribution in [0.15, 0.2) is 24.3 Å². The van der Waals surface area contributed by atoms with Crippen LogP contribution in [0.4, 0.5) is 4.39 Å². The topological polar surface area (TPSA) is 24.5 Å². The first-order chi connectivity index (χ1) is 10.2. The minimum Gasteiger partial charge on any atom is -0.381 e. The number of ether oxygens (including phenoxy) is 1. The molecule has 1 unspecified atom stereocenters. The van der Waals surface area contributed by atoms with Crippen LogP contribution in [-0.2, 0) is 4.74 Å². The summed E-state index contributed by atoms with van der Waals surface area (Å²) in [4.78, 5) is 2.44. The maximum atomic E-state index is 13.1. The van der Waals surface area contributed by atoms with Gasteiger partial charge in [0.25, 0.3) is 0 Å². The van der Waals surface area contributed by atoms with Gasteiger partial charge in [-0.15, -0.1) is 0 Å². The van der Waals surface area contributed by atoms with E-state index in [1.165, 1.54) is 5.56 Å². The molecule has 1 fully saturated rings. The molecule has 3 nitrogen and oxygen atoms in total. The lowest BCUT2D eigenvalue weighted by Gasteiger charge is -2.32. The molecule has 0 spiro atoms. The predicted molar refractivity (Wildman–Crippen MR) is 83.9 cm³/mol. The first kappa shape index (κ1) is 16.4. The highest BCUT2D eigenvalue weighted by molar-refractivity contribution is 5.19. The van der Waals surface area contributed by atoms with E-state index in [9.17, 15) is 4.39 Å². The van der Waals surface area contributed by atoms with Crippen LogP contribution in [0.25, 0.3) is 0 Å². The standard InChI is InChI=1S/C17H27FN2O/c1-3-19-17(14-4-6-15(18)7-5-14)8-11-20(2)16-9-12-21-13-10-16/h4-7,16-17,19H,3,8-13H2,1-2H3. The van der Waals surface area contributed by atoms with Crippen LogP contribution < -0.4 is 5.32 Å². The molecular formula is C17H27FN2O. The summed E-state index contributed by atoms with van der Waals surface area (Å²) in [5.74, 6) is -0.173. The Hall–Kier alpha value is -0.970. The minimum atomic E-state index is -0.173. The van der Waals surface area contributed by atoms with Crippen molar-refractivity contribution in [2.75, 3.05) is 33.4 Å². The Labute approximate surface area is 127 Å². The predicted octanol–water partition coefficient (Wildman–Crippen LogP) is 2.98. The van der Waals surface area contributed by atoms with Gasteiger partial charge < -0.3 is 15.0 Å². The highest BCUT2D eigenvalue weighted by Gasteiger charge is 2.19. The van der Waals surface area contributed by atoms with E-state index in [0.717, 1.165) is 45.6 Å². The van der Waals surface area contributed by atoms with Gasteiger partial charge in [-0.3, -0.25) is 0 Å². The van der Waals surface area contributed by atoms with E-state index in [4.69, 9.17) is 4.74 Å². The van der Waals surface area contributed by atoms with Gasteiger partial charge in [0.1, 0.15) is 5.82 Å². The van der Waals surface area contributed by atoms with E-state index in [1.807, 2.05) is 12.1 Å². The maximum Gasteiger partial charge on any atom is 0.123 e. The third-order valence-corrected chi connectivity index (χ3v) is 4.31. The fourth-order valence-corrected chi connectivity index (χ4v) is 2.97. The molecule has 1 aromatic carbocycles. The lowest BCUT2D eigenvalue weighted by Crippen LogP contribution is -2.38.